The molecule has 1 aromatic heterocycles. The van der Waals surface area contributed by atoms with E-state index >= 15 is 0 Å². The molecule has 0 fully saturated rings. The van der Waals surface area contributed by atoms with Crippen molar-refractivity contribution < 1.29 is 9.84 Å². The Labute approximate surface area is 106 Å². The fourth-order valence-corrected chi connectivity index (χ4v) is 1.47. The smallest absolute Gasteiger partial charge is 0.226 e. The zero-order valence-corrected chi connectivity index (χ0v) is 10.7. The second kappa shape index (κ2) is 6.87. The van der Waals surface area contributed by atoms with Crippen LogP contribution < -0.4 is 10.6 Å². The van der Waals surface area contributed by atoms with Crippen LogP contribution in [0.15, 0.2) is 6.07 Å². The summed E-state index contributed by atoms with van der Waals surface area (Å²) in [5.74, 6) is 0.351. The molecule has 0 unspecified atom stereocenters. The average molecular weight is 253 g/mol. The van der Waals surface area contributed by atoms with Crippen molar-refractivity contribution in [2.45, 2.75) is 6.92 Å². The molecule has 1 heterocycles. The van der Waals surface area contributed by atoms with Gasteiger partial charge in [0.05, 0.1) is 13.2 Å². The molecule has 0 saturated heterocycles. The number of aliphatic hydroxyl groups excluding tert-OH is 1. The van der Waals surface area contributed by atoms with E-state index in [1.54, 1.807) is 18.1 Å². The molecule has 0 spiro atoms. The zero-order valence-electron chi connectivity index (χ0n) is 10.7. The fourth-order valence-electron chi connectivity index (χ4n) is 1.47. The quantitative estimate of drug-likeness (QED) is 0.447. The topological polar surface area (TPSA) is 108 Å². The molecule has 0 atom stereocenters. The number of aryl methyl sites for hydroxylation is 1. The summed E-state index contributed by atoms with van der Waals surface area (Å²) in [5, 5.41) is 16.4. The SMILES string of the molecule is COCCN(CCO)c1nc(C)cc(C(=N)N)n1. The highest BCUT2D eigenvalue weighted by atomic mass is 16.5. The van der Waals surface area contributed by atoms with Crippen molar-refractivity contribution in [2.75, 3.05) is 38.3 Å². The lowest BCUT2D eigenvalue weighted by atomic mass is 10.3. The average Bonchev–Trinajstić information content (AvgIpc) is 2.33. The number of amidine groups is 1. The van der Waals surface area contributed by atoms with Crippen LogP contribution in [-0.4, -0.2) is 54.3 Å². The Balaban J connectivity index is 2.98. The third kappa shape index (κ3) is 3.94. The van der Waals surface area contributed by atoms with Gasteiger partial charge in [-0.15, -0.1) is 0 Å². The van der Waals surface area contributed by atoms with Crippen LogP contribution in [0.25, 0.3) is 0 Å². The van der Waals surface area contributed by atoms with Gasteiger partial charge in [-0.1, -0.05) is 0 Å². The van der Waals surface area contributed by atoms with Crippen LogP contribution in [0.1, 0.15) is 11.4 Å². The molecule has 100 valence electrons. The number of rotatable bonds is 7. The number of nitrogens with one attached hydrogen (secondary N) is 1. The van der Waals surface area contributed by atoms with E-state index < -0.39 is 0 Å². The van der Waals surface area contributed by atoms with E-state index in [1.165, 1.54) is 0 Å². The minimum atomic E-state index is -0.0996. The van der Waals surface area contributed by atoms with E-state index in [4.69, 9.17) is 21.0 Å². The number of aliphatic hydroxyl groups is 1. The predicted molar refractivity (Wildman–Crippen MR) is 69.0 cm³/mol. The maximum atomic E-state index is 9.04. The first kappa shape index (κ1) is 14.3. The van der Waals surface area contributed by atoms with E-state index in [9.17, 15) is 0 Å². The highest BCUT2D eigenvalue weighted by molar-refractivity contribution is 5.93. The van der Waals surface area contributed by atoms with Crippen LogP contribution in [0.5, 0.6) is 0 Å². The summed E-state index contributed by atoms with van der Waals surface area (Å²) in [7, 11) is 1.61. The number of hydrogen-bond donors (Lipinski definition) is 3. The van der Waals surface area contributed by atoms with Gasteiger partial charge in [-0.2, -0.15) is 0 Å². The summed E-state index contributed by atoms with van der Waals surface area (Å²) < 4.78 is 5.00. The number of anilines is 1. The monoisotopic (exact) mass is 253 g/mol. The van der Waals surface area contributed by atoms with Crippen molar-refractivity contribution in [3.05, 3.63) is 17.5 Å². The highest BCUT2D eigenvalue weighted by Gasteiger charge is 2.12. The molecule has 0 saturated carbocycles. The molecule has 18 heavy (non-hydrogen) atoms. The van der Waals surface area contributed by atoms with Gasteiger partial charge in [-0.05, 0) is 13.0 Å². The van der Waals surface area contributed by atoms with Crippen LogP contribution in [0, 0.1) is 12.3 Å². The third-order valence-electron chi connectivity index (χ3n) is 2.34. The van der Waals surface area contributed by atoms with Gasteiger partial charge in [-0.3, -0.25) is 5.41 Å². The summed E-state index contributed by atoms with van der Waals surface area (Å²) in [5.41, 5.74) is 6.54. The first-order valence-corrected chi connectivity index (χ1v) is 5.63. The van der Waals surface area contributed by atoms with Gasteiger partial charge in [-0.25, -0.2) is 9.97 Å². The van der Waals surface area contributed by atoms with Crippen molar-refractivity contribution >= 4 is 11.8 Å². The Morgan fingerprint density at radius 2 is 2.22 bits per heavy atom. The van der Waals surface area contributed by atoms with Gasteiger partial charge < -0.3 is 20.5 Å². The molecular formula is C11H19N5O2. The minimum absolute atomic E-state index is 0.00355. The molecule has 0 aliphatic heterocycles. The Kier molecular flexibility index (Phi) is 5.47. The second-order valence-corrected chi connectivity index (χ2v) is 3.81. The lowest BCUT2D eigenvalue weighted by Crippen LogP contribution is -2.32. The summed E-state index contributed by atoms with van der Waals surface area (Å²) in [6, 6.07) is 1.65. The first-order valence-electron chi connectivity index (χ1n) is 5.63. The number of ether oxygens (including phenoxy) is 1. The molecule has 7 nitrogen and oxygen atoms in total. The molecule has 1 aromatic rings. The summed E-state index contributed by atoms with van der Waals surface area (Å²) >= 11 is 0. The number of nitrogens with two attached hydrogens (primary N) is 1. The van der Waals surface area contributed by atoms with E-state index in [2.05, 4.69) is 9.97 Å². The van der Waals surface area contributed by atoms with Crippen LogP contribution >= 0.6 is 0 Å². The molecule has 0 amide bonds. The van der Waals surface area contributed by atoms with E-state index in [1.807, 2.05) is 6.92 Å². The second-order valence-electron chi connectivity index (χ2n) is 3.81. The summed E-state index contributed by atoms with van der Waals surface area (Å²) in [4.78, 5) is 10.3. The number of aromatic nitrogens is 2. The molecule has 1 rings (SSSR count). The molecule has 0 aliphatic rings. The number of methoxy groups -OCH3 is 1. The van der Waals surface area contributed by atoms with Crippen LogP contribution in [0.2, 0.25) is 0 Å². The zero-order chi connectivity index (χ0) is 13.5. The van der Waals surface area contributed by atoms with Gasteiger partial charge in [0.15, 0.2) is 0 Å². The molecular weight excluding hydrogens is 234 g/mol. The number of nitrogens with zero attached hydrogens (tertiary/aromatic N) is 3. The van der Waals surface area contributed by atoms with Gasteiger partial charge >= 0.3 is 0 Å². The van der Waals surface area contributed by atoms with Crippen molar-refractivity contribution in [3.63, 3.8) is 0 Å². The Morgan fingerprint density at radius 3 is 2.78 bits per heavy atom. The van der Waals surface area contributed by atoms with E-state index in [-0.39, 0.29) is 12.4 Å². The molecule has 0 bridgehead atoms. The van der Waals surface area contributed by atoms with Crippen molar-refractivity contribution in [3.8, 4) is 0 Å². The lowest BCUT2D eigenvalue weighted by molar-refractivity contribution is 0.202. The summed E-state index contributed by atoms with van der Waals surface area (Å²) in [6.45, 7) is 3.29. The highest BCUT2D eigenvalue weighted by Crippen LogP contribution is 2.09. The minimum Gasteiger partial charge on any atom is -0.395 e. The normalized spacial score (nSPS) is 10.4. The van der Waals surface area contributed by atoms with Crippen molar-refractivity contribution in [2.24, 2.45) is 5.73 Å². The Hall–Kier alpha value is -1.73. The fraction of sp³-hybridized carbons (Fsp3) is 0.545. The largest absolute Gasteiger partial charge is 0.395 e. The lowest BCUT2D eigenvalue weighted by Gasteiger charge is -2.21. The summed E-state index contributed by atoms with van der Waals surface area (Å²) in [6.07, 6.45) is 0. The van der Waals surface area contributed by atoms with Crippen molar-refractivity contribution in [1.29, 1.82) is 5.41 Å². The van der Waals surface area contributed by atoms with Crippen LogP contribution in [-0.2, 0) is 4.74 Å². The van der Waals surface area contributed by atoms with Crippen LogP contribution in [0.3, 0.4) is 0 Å². The van der Waals surface area contributed by atoms with Crippen LogP contribution in [0.4, 0.5) is 5.95 Å². The molecule has 7 heteroatoms. The standard InChI is InChI=1S/C11H19N5O2/c1-8-7-9(10(12)13)15-11(14-8)16(3-5-17)4-6-18-2/h7,17H,3-6H2,1-2H3,(H3,12,13). The predicted octanol–water partition coefficient (Wildman–Crippen LogP) is -0.486. The first-order chi connectivity index (χ1) is 8.58. The van der Waals surface area contributed by atoms with Crippen molar-refractivity contribution in [1.82, 2.24) is 9.97 Å². The Morgan fingerprint density at radius 1 is 1.50 bits per heavy atom. The Bertz CT molecular complexity index is 410. The molecule has 4 N–H and O–H groups in total. The van der Waals surface area contributed by atoms with Gasteiger partial charge in [0, 0.05) is 25.9 Å². The molecule has 0 aliphatic carbocycles. The van der Waals surface area contributed by atoms with Gasteiger partial charge in [0.25, 0.3) is 0 Å². The maximum Gasteiger partial charge on any atom is 0.226 e. The molecule has 0 aromatic carbocycles. The molecule has 0 radical (unpaired) electrons. The third-order valence-corrected chi connectivity index (χ3v) is 2.34. The number of nitrogen functional groups attached to an aromatic ring is 1. The number of hydrogen-bond acceptors (Lipinski definition) is 6. The van der Waals surface area contributed by atoms with E-state index in [0.29, 0.717) is 31.3 Å². The maximum absolute atomic E-state index is 9.04. The van der Waals surface area contributed by atoms with E-state index in [0.717, 1.165) is 5.69 Å². The van der Waals surface area contributed by atoms with Gasteiger partial charge in [0.2, 0.25) is 5.95 Å². The van der Waals surface area contributed by atoms with Gasteiger partial charge in [0.1, 0.15) is 11.5 Å².